The fraction of sp³-hybridized carbons (Fsp3) is 0.440. The number of imide groups is 2. The quantitative estimate of drug-likeness (QED) is 0.0376. The Kier molecular flexibility index (Phi) is 16.9. The van der Waals surface area contributed by atoms with E-state index in [4.69, 9.17) is 30.0 Å². The molecule has 4 amide bonds. The highest BCUT2D eigenvalue weighted by atomic mass is 28.5. The molecular formula is C50H72N2O11Si6. The molecule has 0 aliphatic carbocycles. The SMILES string of the molecule is COCCCC[Si](C)(C)O[Si](C)(C)O[Si](C)(C)O[Si](C)(C)O[Si](C)(C)O[Si](C)(C)CCCCOc1ccc(N2C(=O)c3ccc(-c4ccc5c(c4)C(=O)N(c4ccc(C)cc4)C5=O)cc3C2=O)cc1. The molecule has 4 aromatic carbocycles. The number of unbranched alkanes of at least 4 members (excludes halogenated alkanes) is 2. The van der Waals surface area contributed by atoms with Crippen molar-refractivity contribution in [3.05, 3.63) is 113 Å². The molecule has 0 bridgehead atoms. The molecule has 13 nitrogen and oxygen atoms in total. The Morgan fingerprint density at radius 1 is 0.420 bits per heavy atom. The van der Waals surface area contributed by atoms with E-state index in [1.165, 1.54) is 9.80 Å². The van der Waals surface area contributed by atoms with E-state index in [0.717, 1.165) is 49.9 Å². The molecule has 0 unspecified atom stereocenters. The standard InChI is InChI=1S/C50H72N2O11Si6/c1-37-19-23-40(24-20-37)51-47(53)43-29-21-38(35-45(43)49(51)55)39-22-30-44-46(36-39)50(56)52(48(44)54)41-25-27-42(28-26-41)58-32-16-18-34-65(5,6)60-67(9,10)62-69(13,14)63-68(11,12)61-66(7,8)59-64(3,4)33-17-15-31-57-2/h19-30,35-36H,15-18,31-34H2,1-14H3. The molecule has 0 N–H and O–H groups in total. The van der Waals surface area contributed by atoms with Gasteiger partial charge in [-0.15, -0.1) is 0 Å². The number of carbonyl (C=O) groups is 4. The molecule has 2 aliphatic rings. The van der Waals surface area contributed by atoms with Gasteiger partial charge in [-0.05, 0) is 182 Å². The summed E-state index contributed by atoms with van der Waals surface area (Å²) in [6, 6.07) is 26.3. The summed E-state index contributed by atoms with van der Waals surface area (Å²) in [5.74, 6) is -1.01. The van der Waals surface area contributed by atoms with Crippen LogP contribution in [0.2, 0.25) is 90.7 Å². The first-order valence-electron chi connectivity index (χ1n) is 24.0. The second kappa shape index (κ2) is 21.4. The maximum absolute atomic E-state index is 13.8. The maximum atomic E-state index is 13.8. The van der Waals surface area contributed by atoms with Crippen molar-refractivity contribution in [1.29, 1.82) is 0 Å². The van der Waals surface area contributed by atoms with Gasteiger partial charge in [0.1, 0.15) is 5.75 Å². The van der Waals surface area contributed by atoms with Crippen molar-refractivity contribution in [2.24, 2.45) is 0 Å². The number of nitrogens with zero attached hydrogens (tertiary/aromatic N) is 2. The van der Waals surface area contributed by atoms with Gasteiger partial charge < -0.3 is 30.0 Å². The number of amides is 4. The molecule has 0 atom stereocenters. The Bertz CT molecular complexity index is 2530. The molecule has 0 fully saturated rings. The van der Waals surface area contributed by atoms with Gasteiger partial charge in [0, 0.05) is 13.7 Å². The first-order chi connectivity index (χ1) is 32.1. The van der Waals surface area contributed by atoms with Crippen molar-refractivity contribution >= 4 is 85.9 Å². The summed E-state index contributed by atoms with van der Waals surface area (Å²) in [6.07, 6.45) is 3.89. The van der Waals surface area contributed by atoms with E-state index in [-0.39, 0.29) is 17.0 Å². The van der Waals surface area contributed by atoms with Crippen LogP contribution in [0.3, 0.4) is 0 Å². The topological polar surface area (TPSA) is 139 Å². The lowest BCUT2D eigenvalue weighted by molar-refractivity contribution is 0.0910. The van der Waals surface area contributed by atoms with Crippen LogP contribution < -0.4 is 14.5 Å². The lowest BCUT2D eigenvalue weighted by Crippen LogP contribution is -2.60. The van der Waals surface area contributed by atoms with Gasteiger partial charge in [-0.25, -0.2) is 9.80 Å². The number of hydrogen-bond donors (Lipinski definition) is 0. The van der Waals surface area contributed by atoms with Gasteiger partial charge in [-0.1, -0.05) is 42.7 Å². The predicted molar refractivity (Wildman–Crippen MR) is 288 cm³/mol. The number of carbonyl (C=O) groups excluding carboxylic acids is 4. The summed E-state index contributed by atoms with van der Waals surface area (Å²) in [5.41, 5.74) is 4.42. The Morgan fingerprint density at radius 3 is 1.19 bits per heavy atom. The Morgan fingerprint density at radius 2 is 0.783 bits per heavy atom. The monoisotopic (exact) mass is 1040 g/mol. The Hall–Kier alpha value is -3.98. The smallest absolute Gasteiger partial charge is 0.314 e. The fourth-order valence-electron chi connectivity index (χ4n) is 9.63. The second-order valence-electron chi connectivity index (χ2n) is 21.1. The zero-order valence-corrected chi connectivity index (χ0v) is 49.1. The van der Waals surface area contributed by atoms with Crippen molar-refractivity contribution in [2.45, 2.75) is 123 Å². The highest BCUT2D eigenvalue weighted by Crippen LogP contribution is 2.36. The van der Waals surface area contributed by atoms with E-state index < -0.39 is 68.6 Å². The molecule has 0 saturated carbocycles. The first kappa shape index (κ1) is 54.4. The van der Waals surface area contributed by atoms with Crippen molar-refractivity contribution in [3.63, 3.8) is 0 Å². The van der Waals surface area contributed by atoms with Gasteiger partial charge in [-0.3, -0.25) is 19.2 Å². The largest absolute Gasteiger partial charge is 0.494 e. The molecule has 0 spiro atoms. The molecule has 19 heteroatoms. The van der Waals surface area contributed by atoms with Crippen molar-refractivity contribution in [3.8, 4) is 16.9 Å². The highest BCUT2D eigenvalue weighted by molar-refractivity contribution is 6.91. The number of anilines is 2. The number of fused-ring (bicyclic) bond motifs is 2. The third-order valence-corrected chi connectivity index (χ3v) is 35.1. The molecular weight excluding hydrogens is 973 g/mol. The van der Waals surface area contributed by atoms with E-state index in [2.05, 4.69) is 78.6 Å². The van der Waals surface area contributed by atoms with Crippen molar-refractivity contribution < 1.29 is 49.2 Å². The summed E-state index contributed by atoms with van der Waals surface area (Å²) < 4.78 is 45.3. The third-order valence-electron chi connectivity index (χ3n) is 11.8. The maximum Gasteiger partial charge on any atom is 0.314 e. The van der Waals surface area contributed by atoms with Crippen LogP contribution >= 0.6 is 0 Å². The summed E-state index contributed by atoms with van der Waals surface area (Å²) in [4.78, 5) is 56.4. The van der Waals surface area contributed by atoms with Crippen LogP contribution in [-0.2, 0) is 25.3 Å². The minimum absolute atomic E-state index is 0.266. The molecule has 0 saturated heterocycles. The van der Waals surface area contributed by atoms with Crippen LogP contribution in [0.25, 0.3) is 11.1 Å². The highest BCUT2D eigenvalue weighted by Gasteiger charge is 2.47. The zero-order chi connectivity index (χ0) is 50.7. The number of hydrogen-bond acceptors (Lipinski definition) is 11. The lowest BCUT2D eigenvalue weighted by atomic mass is 9.97. The van der Waals surface area contributed by atoms with E-state index >= 15 is 0 Å². The predicted octanol–water partition coefficient (Wildman–Crippen LogP) is 12.1. The summed E-state index contributed by atoms with van der Waals surface area (Å²) in [6.45, 7) is 29.1. The van der Waals surface area contributed by atoms with Crippen LogP contribution in [0.5, 0.6) is 5.75 Å². The molecule has 6 rings (SSSR count). The van der Waals surface area contributed by atoms with Crippen LogP contribution in [0.15, 0.2) is 84.9 Å². The molecule has 2 aliphatic heterocycles. The molecule has 69 heavy (non-hydrogen) atoms. The van der Waals surface area contributed by atoms with E-state index in [0.29, 0.717) is 46.0 Å². The number of rotatable bonds is 24. The number of ether oxygens (including phenoxy) is 2. The van der Waals surface area contributed by atoms with E-state index in [1.807, 2.05) is 19.1 Å². The number of aryl methyl sites for hydroxylation is 1. The second-order valence-corrected chi connectivity index (χ2v) is 44.4. The number of methoxy groups -OCH3 is 1. The van der Waals surface area contributed by atoms with Gasteiger partial charge in [0.05, 0.1) is 40.2 Å². The normalized spacial score (nSPS) is 14.8. The summed E-state index contributed by atoms with van der Waals surface area (Å²) in [7, 11) is -12.5. The Labute approximate surface area is 416 Å². The fourth-order valence-corrected chi connectivity index (χ4v) is 39.7. The molecule has 2 heterocycles. The van der Waals surface area contributed by atoms with E-state index in [1.54, 1.807) is 79.9 Å². The third kappa shape index (κ3) is 14.1. The average molecular weight is 1050 g/mol. The van der Waals surface area contributed by atoms with Gasteiger partial charge in [0.15, 0.2) is 16.6 Å². The van der Waals surface area contributed by atoms with Gasteiger partial charge in [-0.2, -0.15) is 0 Å². The average Bonchev–Trinajstić information content (AvgIpc) is 3.63. The minimum atomic E-state index is -2.63. The minimum Gasteiger partial charge on any atom is -0.494 e. The first-order valence-corrected chi connectivity index (χ1v) is 41.5. The zero-order valence-electron chi connectivity index (χ0n) is 43.1. The molecule has 0 radical (unpaired) electrons. The number of benzene rings is 4. The lowest BCUT2D eigenvalue weighted by Gasteiger charge is -2.43. The Balaban J connectivity index is 0.963. The summed E-state index contributed by atoms with van der Waals surface area (Å²) in [5, 5.41) is 0. The van der Waals surface area contributed by atoms with Crippen LogP contribution in [0.4, 0.5) is 11.4 Å². The molecule has 4 aromatic rings. The molecule has 372 valence electrons. The van der Waals surface area contributed by atoms with Gasteiger partial charge >= 0.3 is 34.2 Å². The molecule has 0 aromatic heterocycles. The van der Waals surface area contributed by atoms with Crippen molar-refractivity contribution in [2.75, 3.05) is 30.1 Å². The van der Waals surface area contributed by atoms with E-state index in [9.17, 15) is 19.2 Å². The van der Waals surface area contributed by atoms with Crippen molar-refractivity contribution in [1.82, 2.24) is 0 Å². The van der Waals surface area contributed by atoms with Crippen LogP contribution in [0, 0.1) is 6.92 Å². The van der Waals surface area contributed by atoms with Crippen LogP contribution in [-0.4, -0.2) is 94.8 Å². The van der Waals surface area contributed by atoms with Crippen LogP contribution in [0.1, 0.15) is 72.7 Å². The van der Waals surface area contributed by atoms with Gasteiger partial charge in [0.25, 0.3) is 23.6 Å². The van der Waals surface area contributed by atoms with Gasteiger partial charge in [0.2, 0.25) is 0 Å². The summed E-state index contributed by atoms with van der Waals surface area (Å²) >= 11 is 0.